The van der Waals surface area contributed by atoms with Crippen molar-refractivity contribution in [1.82, 2.24) is 0 Å². The number of aliphatic hydroxyl groups is 1. The maximum Gasteiger partial charge on any atom is 0.125 e. The Morgan fingerprint density at radius 3 is 2.73 bits per heavy atom. The third-order valence-corrected chi connectivity index (χ3v) is 3.09. The monoisotopic (exact) mass is 206 g/mol. The second-order valence-electron chi connectivity index (χ2n) is 4.87. The van der Waals surface area contributed by atoms with E-state index in [1.54, 1.807) is 0 Å². The average Bonchev–Trinajstić information content (AvgIpc) is 2.16. The van der Waals surface area contributed by atoms with Crippen molar-refractivity contribution in [3.8, 4) is 5.75 Å². The molecule has 1 aromatic rings. The van der Waals surface area contributed by atoms with E-state index in [1.807, 2.05) is 31.2 Å². The Hall–Kier alpha value is -1.02. The van der Waals surface area contributed by atoms with E-state index in [1.165, 1.54) is 0 Å². The second-order valence-corrected chi connectivity index (χ2v) is 4.87. The number of hydrogen-bond donors (Lipinski definition) is 1. The summed E-state index contributed by atoms with van der Waals surface area (Å²) in [6, 6.07) is 7.74. The fourth-order valence-electron chi connectivity index (χ4n) is 2.09. The zero-order chi connectivity index (χ0) is 11.1. The lowest BCUT2D eigenvalue weighted by Gasteiger charge is -2.38. The van der Waals surface area contributed by atoms with Crippen LogP contribution in [0.15, 0.2) is 24.3 Å². The van der Waals surface area contributed by atoms with E-state index < -0.39 is 5.60 Å². The minimum Gasteiger partial charge on any atom is -0.490 e. The summed E-state index contributed by atoms with van der Waals surface area (Å²) < 4.78 is 5.87. The predicted octanol–water partition coefficient (Wildman–Crippen LogP) is 2.70. The van der Waals surface area contributed by atoms with Gasteiger partial charge in [-0.2, -0.15) is 0 Å². The summed E-state index contributed by atoms with van der Waals surface area (Å²) in [6.45, 7) is 6.10. The van der Waals surface area contributed by atoms with Gasteiger partial charge in [0.1, 0.15) is 11.9 Å². The highest BCUT2D eigenvalue weighted by atomic mass is 16.5. The van der Waals surface area contributed by atoms with Gasteiger partial charge in [0.15, 0.2) is 0 Å². The van der Waals surface area contributed by atoms with Gasteiger partial charge < -0.3 is 9.84 Å². The van der Waals surface area contributed by atoms with Crippen LogP contribution < -0.4 is 4.74 Å². The molecule has 1 heterocycles. The Balaban J connectivity index is 2.39. The van der Waals surface area contributed by atoms with Crippen LogP contribution in [0.1, 0.15) is 32.8 Å². The van der Waals surface area contributed by atoms with Gasteiger partial charge in [-0.3, -0.25) is 0 Å². The van der Waals surface area contributed by atoms with Crippen LogP contribution in [0.25, 0.3) is 0 Å². The summed E-state index contributed by atoms with van der Waals surface area (Å²) in [5.41, 5.74) is 0.144. The standard InChI is InChI=1S/C13H18O2/c1-9(2)12-8-13(3,14)10-6-4-5-7-11(10)15-12/h4-7,9,12,14H,8H2,1-3H3. The van der Waals surface area contributed by atoms with E-state index >= 15 is 0 Å². The molecule has 0 fully saturated rings. The maximum atomic E-state index is 10.4. The molecule has 2 nitrogen and oxygen atoms in total. The molecule has 2 unspecified atom stereocenters. The van der Waals surface area contributed by atoms with Gasteiger partial charge in [0.05, 0.1) is 5.60 Å². The minimum absolute atomic E-state index is 0.106. The molecule has 2 heteroatoms. The van der Waals surface area contributed by atoms with E-state index in [0.29, 0.717) is 12.3 Å². The molecule has 1 N–H and O–H groups in total. The molecule has 0 aliphatic carbocycles. The Morgan fingerprint density at radius 2 is 2.07 bits per heavy atom. The van der Waals surface area contributed by atoms with Crippen molar-refractivity contribution in [3.05, 3.63) is 29.8 Å². The van der Waals surface area contributed by atoms with E-state index in [4.69, 9.17) is 4.74 Å². The van der Waals surface area contributed by atoms with Crippen LogP contribution in [-0.4, -0.2) is 11.2 Å². The highest BCUT2D eigenvalue weighted by molar-refractivity contribution is 5.39. The number of para-hydroxylation sites is 1. The Bertz CT molecular complexity index is 355. The third kappa shape index (κ3) is 1.86. The predicted molar refractivity (Wildman–Crippen MR) is 59.9 cm³/mol. The first kappa shape index (κ1) is 10.5. The summed E-state index contributed by atoms with van der Waals surface area (Å²) in [4.78, 5) is 0. The second kappa shape index (κ2) is 3.53. The fraction of sp³-hybridized carbons (Fsp3) is 0.538. The molecule has 15 heavy (non-hydrogen) atoms. The van der Waals surface area contributed by atoms with E-state index in [9.17, 15) is 5.11 Å². The van der Waals surface area contributed by atoms with Crippen LogP contribution in [0, 0.1) is 5.92 Å². The molecule has 0 saturated carbocycles. The first-order chi connectivity index (χ1) is 7.00. The van der Waals surface area contributed by atoms with E-state index in [-0.39, 0.29) is 6.10 Å². The molecule has 1 aliphatic heterocycles. The van der Waals surface area contributed by atoms with Gasteiger partial charge in [0, 0.05) is 12.0 Å². The average molecular weight is 206 g/mol. The Kier molecular flexibility index (Phi) is 2.47. The zero-order valence-electron chi connectivity index (χ0n) is 9.53. The van der Waals surface area contributed by atoms with Crippen molar-refractivity contribution >= 4 is 0 Å². The molecule has 0 saturated heterocycles. The molecule has 2 rings (SSSR count). The van der Waals surface area contributed by atoms with Gasteiger partial charge >= 0.3 is 0 Å². The first-order valence-corrected chi connectivity index (χ1v) is 5.49. The number of fused-ring (bicyclic) bond motifs is 1. The number of ether oxygens (including phenoxy) is 1. The van der Waals surface area contributed by atoms with E-state index in [0.717, 1.165) is 11.3 Å². The van der Waals surface area contributed by atoms with Crippen molar-refractivity contribution in [2.75, 3.05) is 0 Å². The molecule has 0 spiro atoms. The normalized spacial score (nSPS) is 29.8. The quantitative estimate of drug-likeness (QED) is 0.765. The third-order valence-electron chi connectivity index (χ3n) is 3.09. The molecule has 1 aliphatic rings. The van der Waals surface area contributed by atoms with Crippen LogP contribution in [0.2, 0.25) is 0 Å². The molecule has 82 valence electrons. The molecule has 0 radical (unpaired) electrons. The van der Waals surface area contributed by atoms with Crippen molar-refractivity contribution in [3.63, 3.8) is 0 Å². The first-order valence-electron chi connectivity index (χ1n) is 5.49. The number of hydrogen-bond acceptors (Lipinski definition) is 2. The lowest BCUT2D eigenvalue weighted by Crippen LogP contribution is -2.38. The molecule has 2 atom stereocenters. The van der Waals surface area contributed by atoms with Gasteiger partial charge in [0.2, 0.25) is 0 Å². The largest absolute Gasteiger partial charge is 0.490 e. The number of rotatable bonds is 1. The van der Waals surface area contributed by atoms with E-state index in [2.05, 4.69) is 13.8 Å². The van der Waals surface area contributed by atoms with Gasteiger partial charge in [-0.15, -0.1) is 0 Å². The SMILES string of the molecule is CC(C)C1CC(C)(O)c2ccccc2O1. The minimum atomic E-state index is -0.760. The lowest BCUT2D eigenvalue weighted by molar-refractivity contribution is -0.0290. The molecular formula is C13H18O2. The Labute approximate surface area is 90.9 Å². The Morgan fingerprint density at radius 1 is 1.40 bits per heavy atom. The topological polar surface area (TPSA) is 29.5 Å². The van der Waals surface area contributed by atoms with Gasteiger partial charge in [-0.05, 0) is 18.9 Å². The molecule has 0 bridgehead atoms. The summed E-state index contributed by atoms with van der Waals surface area (Å²) in [5.74, 6) is 1.25. The van der Waals surface area contributed by atoms with Crippen molar-refractivity contribution in [2.45, 2.75) is 38.9 Å². The van der Waals surface area contributed by atoms with Gasteiger partial charge in [-0.25, -0.2) is 0 Å². The van der Waals surface area contributed by atoms with Crippen molar-refractivity contribution < 1.29 is 9.84 Å². The zero-order valence-corrected chi connectivity index (χ0v) is 9.53. The fourth-order valence-corrected chi connectivity index (χ4v) is 2.09. The van der Waals surface area contributed by atoms with Crippen molar-refractivity contribution in [2.24, 2.45) is 5.92 Å². The van der Waals surface area contributed by atoms with Gasteiger partial charge in [-0.1, -0.05) is 32.0 Å². The maximum absolute atomic E-state index is 10.4. The van der Waals surface area contributed by atoms with Crippen LogP contribution in [-0.2, 0) is 5.60 Å². The lowest BCUT2D eigenvalue weighted by atomic mass is 9.84. The summed E-state index contributed by atoms with van der Waals surface area (Å²) in [5, 5.41) is 10.4. The number of benzene rings is 1. The van der Waals surface area contributed by atoms with Crippen LogP contribution >= 0.6 is 0 Å². The van der Waals surface area contributed by atoms with Crippen LogP contribution in [0.3, 0.4) is 0 Å². The highest BCUT2D eigenvalue weighted by Crippen LogP contribution is 2.40. The van der Waals surface area contributed by atoms with Gasteiger partial charge in [0.25, 0.3) is 0 Å². The molecule has 1 aromatic carbocycles. The summed E-state index contributed by atoms with van der Waals surface area (Å²) in [7, 11) is 0. The summed E-state index contributed by atoms with van der Waals surface area (Å²) >= 11 is 0. The van der Waals surface area contributed by atoms with Crippen LogP contribution in [0.4, 0.5) is 0 Å². The molecular weight excluding hydrogens is 188 g/mol. The smallest absolute Gasteiger partial charge is 0.125 e. The van der Waals surface area contributed by atoms with Crippen molar-refractivity contribution in [1.29, 1.82) is 0 Å². The highest BCUT2D eigenvalue weighted by Gasteiger charge is 2.36. The summed E-state index contributed by atoms with van der Waals surface area (Å²) in [6.07, 6.45) is 0.775. The van der Waals surface area contributed by atoms with Crippen LogP contribution in [0.5, 0.6) is 5.75 Å². The molecule has 0 aromatic heterocycles. The molecule has 0 amide bonds.